The van der Waals surface area contributed by atoms with Gasteiger partial charge in [-0.15, -0.1) is 29.3 Å². The Labute approximate surface area is 243 Å². The zero-order valence-corrected chi connectivity index (χ0v) is 24.9. The van der Waals surface area contributed by atoms with E-state index >= 15 is 0 Å². The zero-order valence-electron chi connectivity index (χ0n) is 21.6. The standard InChI is InChI=1S/C30H27N3O2S4/c1-4-17-33-25(37-22(29(33)35)18-23-28(34)32(6-3)30(36)38-23)19-24-31(5-2)26(20-13-9-7-10-14-20)27(39-24)21-15-11-8-12-16-21/h4,7-16,18-19H,1,5-6,17H2,2-3H3. The van der Waals surface area contributed by atoms with E-state index in [0.29, 0.717) is 26.5 Å². The van der Waals surface area contributed by atoms with Gasteiger partial charge in [0.2, 0.25) is 5.69 Å². The predicted octanol–water partition coefficient (Wildman–Crippen LogP) is 5.14. The van der Waals surface area contributed by atoms with E-state index in [9.17, 15) is 9.90 Å². The highest BCUT2D eigenvalue weighted by Gasteiger charge is 2.27. The molecule has 5 nitrogen and oxygen atoms in total. The van der Waals surface area contributed by atoms with Gasteiger partial charge in [-0.3, -0.25) is 9.36 Å². The van der Waals surface area contributed by atoms with Crippen LogP contribution in [0.4, 0.5) is 0 Å². The van der Waals surface area contributed by atoms with Gasteiger partial charge in [0, 0.05) is 23.5 Å². The third kappa shape index (κ3) is 5.27. The van der Waals surface area contributed by atoms with Crippen molar-refractivity contribution in [2.45, 2.75) is 33.5 Å². The van der Waals surface area contributed by atoms with E-state index in [1.165, 1.54) is 27.6 Å². The first kappa shape index (κ1) is 27.2. The number of nitrogens with zero attached hydrogens (tertiary/aromatic N) is 3. The Morgan fingerprint density at radius 3 is 2.21 bits per heavy atom. The lowest BCUT2D eigenvalue weighted by Gasteiger charge is -2.09. The lowest BCUT2D eigenvalue weighted by molar-refractivity contribution is -0.679. The lowest BCUT2D eigenvalue weighted by atomic mass is 10.1. The molecule has 0 saturated heterocycles. The fourth-order valence-corrected chi connectivity index (χ4v) is 8.31. The molecule has 0 fully saturated rings. The van der Waals surface area contributed by atoms with Gasteiger partial charge in [0.1, 0.15) is 16.1 Å². The van der Waals surface area contributed by atoms with E-state index in [4.69, 9.17) is 12.2 Å². The van der Waals surface area contributed by atoms with Crippen molar-refractivity contribution in [1.82, 2.24) is 9.13 Å². The molecule has 0 unspecified atom stereocenters. The van der Waals surface area contributed by atoms with Crippen molar-refractivity contribution in [3.63, 3.8) is 0 Å². The number of aromatic nitrogens is 3. The van der Waals surface area contributed by atoms with Crippen LogP contribution in [0.2, 0.25) is 0 Å². The fraction of sp³-hybridized carbons (Fsp3) is 0.167. The van der Waals surface area contributed by atoms with Crippen LogP contribution in [0.3, 0.4) is 0 Å². The first-order valence-corrected chi connectivity index (χ1v) is 15.4. The summed E-state index contributed by atoms with van der Waals surface area (Å²) in [6.45, 7) is 9.54. The summed E-state index contributed by atoms with van der Waals surface area (Å²) in [5, 5.41) is 13.8. The van der Waals surface area contributed by atoms with Crippen molar-refractivity contribution in [3.05, 3.63) is 107 Å². The Balaban J connectivity index is 1.76. The summed E-state index contributed by atoms with van der Waals surface area (Å²) < 4.78 is 7.41. The number of allylic oxidation sites excluding steroid dienone is 1. The van der Waals surface area contributed by atoms with Crippen molar-refractivity contribution >= 4 is 58.4 Å². The third-order valence-electron chi connectivity index (χ3n) is 6.30. The van der Waals surface area contributed by atoms with Crippen molar-refractivity contribution < 1.29 is 9.67 Å². The minimum absolute atomic E-state index is 0.140. The van der Waals surface area contributed by atoms with Crippen LogP contribution >= 0.6 is 46.2 Å². The minimum Gasteiger partial charge on any atom is -0.859 e. The van der Waals surface area contributed by atoms with Crippen molar-refractivity contribution in [3.8, 4) is 27.6 Å². The Bertz CT molecular complexity index is 1870. The van der Waals surface area contributed by atoms with E-state index < -0.39 is 0 Å². The van der Waals surface area contributed by atoms with Crippen LogP contribution < -0.4 is 24.4 Å². The van der Waals surface area contributed by atoms with Gasteiger partial charge < -0.3 is 9.67 Å². The molecule has 0 aliphatic carbocycles. The summed E-state index contributed by atoms with van der Waals surface area (Å²) in [6.07, 6.45) is 5.49. The molecule has 3 aromatic heterocycles. The van der Waals surface area contributed by atoms with Crippen LogP contribution in [0.15, 0.2) is 78.1 Å². The average Bonchev–Trinajstić information content (AvgIpc) is 3.56. The maximum absolute atomic E-state index is 13.5. The summed E-state index contributed by atoms with van der Waals surface area (Å²) in [5.41, 5.74) is 3.30. The van der Waals surface area contributed by atoms with Crippen LogP contribution in [0.25, 0.3) is 33.9 Å². The summed E-state index contributed by atoms with van der Waals surface area (Å²) >= 11 is 9.69. The Kier molecular flexibility index (Phi) is 8.23. The van der Waals surface area contributed by atoms with Crippen LogP contribution in [-0.4, -0.2) is 9.13 Å². The first-order valence-electron chi connectivity index (χ1n) is 12.6. The quantitative estimate of drug-likeness (QED) is 0.143. The highest BCUT2D eigenvalue weighted by atomic mass is 32.1. The lowest BCUT2D eigenvalue weighted by Crippen LogP contribution is -2.37. The maximum Gasteiger partial charge on any atom is 0.269 e. The molecule has 0 atom stereocenters. The molecule has 0 aliphatic rings. The molecular weight excluding hydrogens is 563 g/mol. The van der Waals surface area contributed by atoms with E-state index in [1.807, 2.05) is 19.1 Å². The molecule has 5 rings (SSSR count). The van der Waals surface area contributed by atoms with Crippen LogP contribution in [0.5, 0.6) is 5.88 Å². The summed E-state index contributed by atoms with van der Waals surface area (Å²) in [6, 6.07) is 20.8. The summed E-state index contributed by atoms with van der Waals surface area (Å²) in [4.78, 5) is 15.1. The van der Waals surface area contributed by atoms with E-state index in [1.54, 1.807) is 32.6 Å². The van der Waals surface area contributed by atoms with Crippen molar-refractivity contribution in [2.24, 2.45) is 0 Å². The summed E-state index contributed by atoms with van der Waals surface area (Å²) in [7, 11) is 0. The van der Waals surface area contributed by atoms with Crippen LogP contribution in [0.1, 0.15) is 23.7 Å². The van der Waals surface area contributed by atoms with Crippen LogP contribution in [-0.2, 0) is 19.6 Å². The summed E-state index contributed by atoms with van der Waals surface area (Å²) in [5.74, 6) is -0.150. The van der Waals surface area contributed by atoms with E-state index in [0.717, 1.165) is 33.0 Å². The van der Waals surface area contributed by atoms with E-state index in [2.05, 4.69) is 72.7 Å². The zero-order chi connectivity index (χ0) is 27.5. The van der Waals surface area contributed by atoms with Gasteiger partial charge in [0.15, 0.2) is 3.95 Å². The van der Waals surface area contributed by atoms with Crippen LogP contribution in [0, 0.1) is 3.95 Å². The van der Waals surface area contributed by atoms with Gasteiger partial charge in [-0.05, 0) is 55.7 Å². The molecular formula is C30H27N3O2S4. The molecule has 9 heteroatoms. The SMILES string of the molecule is C=CCn1c(=Cc2sc(-c3ccccc3)c(-c3ccccc3)[n+]2CC)sc(=Cc2sc(=S)n(CC)c2[O-])c1=O. The second kappa shape index (κ2) is 11.8. The molecule has 2 aromatic carbocycles. The second-order valence-corrected chi connectivity index (χ2v) is 12.4. The van der Waals surface area contributed by atoms with Crippen molar-refractivity contribution in [2.75, 3.05) is 0 Å². The van der Waals surface area contributed by atoms with Crippen molar-refractivity contribution in [1.29, 1.82) is 0 Å². The topological polar surface area (TPSA) is 53.9 Å². The monoisotopic (exact) mass is 589 g/mol. The van der Waals surface area contributed by atoms with Gasteiger partial charge in [0.25, 0.3) is 10.6 Å². The Morgan fingerprint density at radius 2 is 1.62 bits per heavy atom. The number of thiazole rings is 3. The van der Waals surface area contributed by atoms with Gasteiger partial charge >= 0.3 is 0 Å². The largest absolute Gasteiger partial charge is 0.859 e. The highest BCUT2D eigenvalue weighted by molar-refractivity contribution is 7.73. The first-order chi connectivity index (χ1) is 19.0. The maximum atomic E-state index is 13.5. The molecule has 0 N–H and O–H groups in total. The van der Waals surface area contributed by atoms with Gasteiger partial charge in [-0.1, -0.05) is 65.9 Å². The van der Waals surface area contributed by atoms with E-state index in [-0.39, 0.29) is 11.4 Å². The third-order valence-corrected chi connectivity index (χ3v) is 9.92. The Hall–Kier alpha value is -3.37. The molecule has 0 radical (unpaired) electrons. The molecule has 39 heavy (non-hydrogen) atoms. The molecule has 5 aromatic rings. The minimum atomic E-state index is -0.150. The normalized spacial score (nSPS) is 12.4. The highest BCUT2D eigenvalue weighted by Crippen LogP contribution is 2.36. The number of hydrogen-bond donors (Lipinski definition) is 0. The van der Waals surface area contributed by atoms with Gasteiger partial charge in [-0.2, -0.15) is 4.57 Å². The molecule has 0 aliphatic heterocycles. The number of benzene rings is 2. The second-order valence-electron chi connectivity index (χ2n) is 8.67. The smallest absolute Gasteiger partial charge is 0.269 e. The average molecular weight is 590 g/mol. The number of hydrogen-bond acceptors (Lipinski definition) is 6. The van der Waals surface area contributed by atoms with Gasteiger partial charge in [-0.25, -0.2) is 0 Å². The number of rotatable bonds is 8. The Morgan fingerprint density at radius 1 is 0.949 bits per heavy atom. The molecule has 3 heterocycles. The molecule has 0 saturated carbocycles. The predicted molar refractivity (Wildman–Crippen MR) is 164 cm³/mol. The molecule has 198 valence electrons. The fourth-order valence-electron chi connectivity index (χ4n) is 4.47. The molecule has 0 amide bonds. The van der Waals surface area contributed by atoms with Gasteiger partial charge in [0.05, 0.1) is 10.6 Å². The molecule has 0 bridgehead atoms. The molecule has 0 spiro atoms.